The van der Waals surface area contributed by atoms with Crippen LogP contribution in [0.15, 0.2) is 58.3 Å². The SMILES string of the molecule is Nc1ccccc1SCc1ccc(S)cc1. The number of hydrogen-bond acceptors (Lipinski definition) is 3. The summed E-state index contributed by atoms with van der Waals surface area (Å²) in [5.41, 5.74) is 8.00. The van der Waals surface area contributed by atoms with Crippen LogP contribution < -0.4 is 5.73 Å². The zero-order valence-corrected chi connectivity index (χ0v) is 10.5. The lowest BCUT2D eigenvalue weighted by atomic mass is 10.2. The van der Waals surface area contributed by atoms with E-state index >= 15 is 0 Å². The van der Waals surface area contributed by atoms with Gasteiger partial charge in [-0.25, -0.2) is 0 Å². The van der Waals surface area contributed by atoms with Crippen LogP contribution in [0, 0.1) is 0 Å². The van der Waals surface area contributed by atoms with Crippen molar-refractivity contribution in [1.82, 2.24) is 0 Å². The zero-order valence-electron chi connectivity index (χ0n) is 8.76. The average molecular weight is 247 g/mol. The molecule has 2 aromatic rings. The van der Waals surface area contributed by atoms with Crippen LogP contribution >= 0.6 is 24.4 Å². The molecule has 16 heavy (non-hydrogen) atoms. The molecular weight excluding hydrogens is 234 g/mol. The summed E-state index contributed by atoms with van der Waals surface area (Å²) in [6, 6.07) is 16.1. The van der Waals surface area contributed by atoms with Crippen LogP contribution in [0.1, 0.15) is 5.56 Å². The van der Waals surface area contributed by atoms with Crippen LogP contribution in [-0.4, -0.2) is 0 Å². The first-order valence-corrected chi connectivity index (χ1v) is 6.44. The Kier molecular flexibility index (Phi) is 3.80. The first kappa shape index (κ1) is 11.4. The molecule has 0 fully saturated rings. The van der Waals surface area contributed by atoms with Gasteiger partial charge in [-0.2, -0.15) is 0 Å². The van der Waals surface area contributed by atoms with E-state index in [4.69, 9.17) is 5.73 Å². The highest BCUT2D eigenvalue weighted by molar-refractivity contribution is 7.98. The summed E-state index contributed by atoms with van der Waals surface area (Å²) in [5.74, 6) is 0.933. The zero-order chi connectivity index (χ0) is 11.4. The molecule has 0 aliphatic carbocycles. The number of thioether (sulfide) groups is 1. The molecule has 82 valence electrons. The second-order valence-corrected chi connectivity index (χ2v) is 5.03. The highest BCUT2D eigenvalue weighted by Gasteiger charge is 1.99. The van der Waals surface area contributed by atoms with E-state index in [1.807, 2.05) is 36.4 Å². The molecule has 0 heterocycles. The van der Waals surface area contributed by atoms with E-state index in [9.17, 15) is 0 Å². The normalized spacial score (nSPS) is 10.3. The number of nitrogen functional groups attached to an aromatic ring is 1. The van der Waals surface area contributed by atoms with Gasteiger partial charge in [0.1, 0.15) is 0 Å². The Hall–Kier alpha value is -1.06. The molecule has 0 bridgehead atoms. The predicted molar refractivity (Wildman–Crippen MR) is 74.1 cm³/mol. The van der Waals surface area contributed by atoms with E-state index in [-0.39, 0.29) is 0 Å². The van der Waals surface area contributed by atoms with Crippen molar-refractivity contribution in [1.29, 1.82) is 0 Å². The van der Waals surface area contributed by atoms with Crippen LogP contribution in [0.2, 0.25) is 0 Å². The first-order chi connectivity index (χ1) is 7.75. The highest BCUT2D eigenvalue weighted by Crippen LogP contribution is 2.27. The minimum Gasteiger partial charge on any atom is -0.398 e. The minimum absolute atomic E-state index is 0.846. The molecule has 0 aliphatic rings. The predicted octanol–water partition coefficient (Wildman–Crippen LogP) is 3.85. The largest absolute Gasteiger partial charge is 0.398 e. The fraction of sp³-hybridized carbons (Fsp3) is 0.0769. The lowest BCUT2D eigenvalue weighted by Gasteiger charge is -2.05. The average Bonchev–Trinajstić information content (AvgIpc) is 2.30. The number of rotatable bonds is 3. The summed E-state index contributed by atoms with van der Waals surface area (Å²) in [6.07, 6.45) is 0. The molecule has 3 heteroatoms. The molecule has 0 saturated heterocycles. The van der Waals surface area contributed by atoms with Gasteiger partial charge in [-0.1, -0.05) is 24.3 Å². The second kappa shape index (κ2) is 5.32. The molecule has 2 rings (SSSR count). The van der Waals surface area contributed by atoms with E-state index in [1.165, 1.54) is 5.56 Å². The van der Waals surface area contributed by atoms with E-state index in [0.29, 0.717) is 0 Å². The number of thiol groups is 1. The van der Waals surface area contributed by atoms with Crippen molar-refractivity contribution in [2.75, 3.05) is 5.73 Å². The third-order valence-electron chi connectivity index (χ3n) is 2.25. The van der Waals surface area contributed by atoms with E-state index in [1.54, 1.807) is 11.8 Å². The first-order valence-electron chi connectivity index (χ1n) is 5.01. The number of hydrogen-bond donors (Lipinski definition) is 2. The van der Waals surface area contributed by atoms with Crippen molar-refractivity contribution in [2.24, 2.45) is 0 Å². The maximum atomic E-state index is 5.88. The Balaban J connectivity index is 2.02. The molecular formula is C13H13NS2. The van der Waals surface area contributed by atoms with Gasteiger partial charge in [0, 0.05) is 21.2 Å². The standard InChI is InChI=1S/C13H13NS2/c14-12-3-1-2-4-13(12)16-9-10-5-7-11(15)8-6-10/h1-8,15H,9,14H2. The van der Waals surface area contributed by atoms with Crippen molar-refractivity contribution in [3.05, 3.63) is 54.1 Å². The molecule has 0 amide bonds. The molecule has 0 spiro atoms. The molecule has 2 N–H and O–H groups in total. The highest BCUT2D eigenvalue weighted by atomic mass is 32.2. The Morgan fingerprint density at radius 1 is 1.00 bits per heavy atom. The number of nitrogens with two attached hydrogens (primary N) is 1. The lowest BCUT2D eigenvalue weighted by molar-refractivity contribution is 1.34. The lowest BCUT2D eigenvalue weighted by Crippen LogP contribution is -1.88. The summed E-state index contributed by atoms with van der Waals surface area (Å²) >= 11 is 6.02. The van der Waals surface area contributed by atoms with Crippen molar-refractivity contribution < 1.29 is 0 Å². The summed E-state index contributed by atoms with van der Waals surface area (Å²) in [6.45, 7) is 0. The van der Waals surface area contributed by atoms with Gasteiger partial charge in [-0.15, -0.1) is 24.4 Å². The monoisotopic (exact) mass is 247 g/mol. The van der Waals surface area contributed by atoms with Crippen LogP contribution in [0.4, 0.5) is 5.69 Å². The Morgan fingerprint density at radius 2 is 1.69 bits per heavy atom. The van der Waals surface area contributed by atoms with Gasteiger partial charge in [-0.05, 0) is 29.8 Å². The third-order valence-corrected chi connectivity index (χ3v) is 3.71. The molecule has 0 atom stereocenters. The molecule has 0 radical (unpaired) electrons. The summed E-state index contributed by atoms with van der Waals surface area (Å²) in [5, 5.41) is 0. The van der Waals surface area contributed by atoms with Crippen molar-refractivity contribution in [3.63, 3.8) is 0 Å². The molecule has 0 aromatic heterocycles. The Morgan fingerprint density at radius 3 is 2.38 bits per heavy atom. The maximum Gasteiger partial charge on any atom is 0.0452 e. The van der Waals surface area contributed by atoms with E-state index < -0.39 is 0 Å². The molecule has 0 unspecified atom stereocenters. The fourth-order valence-electron chi connectivity index (χ4n) is 1.37. The van der Waals surface area contributed by atoms with Crippen LogP contribution in [0.25, 0.3) is 0 Å². The number of anilines is 1. The van der Waals surface area contributed by atoms with Gasteiger partial charge in [0.2, 0.25) is 0 Å². The van der Waals surface area contributed by atoms with Crippen molar-refractivity contribution >= 4 is 30.1 Å². The quantitative estimate of drug-likeness (QED) is 0.489. The number of benzene rings is 2. The van der Waals surface area contributed by atoms with E-state index in [0.717, 1.165) is 21.2 Å². The molecule has 0 saturated carbocycles. The minimum atomic E-state index is 0.846. The smallest absolute Gasteiger partial charge is 0.0452 e. The second-order valence-electron chi connectivity index (χ2n) is 3.49. The van der Waals surface area contributed by atoms with Crippen LogP contribution in [-0.2, 0) is 5.75 Å². The topological polar surface area (TPSA) is 26.0 Å². The summed E-state index contributed by atoms with van der Waals surface area (Å²) in [4.78, 5) is 2.13. The molecule has 2 aromatic carbocycles. The van der Waals surface area contributed by atoms with Gasteiger partial charge >= 0.3 is 0 Å². The van der Waals surface area contributed by atoms with Crippen molar-refractivity contribution in [2.45, 2.75) is 15.5 Å². The van der Waals surface area contributed by atoms with Gasteiger partial charge < -0.3 is 5.73 Å². The van der Waals surface area contributed by atoms with Gasteiger partial charge in [0.05, 0.1) is 0 Å². The molecule has 0 aliphatic heterocycles. The molecule has 1 nitrogen and oxygen atoms in total. The maximum absolute atomic E-state index is 5.88. The van der Waals surface area contributed by atoms with Crippen LogP contribution in [0.3, 0.4) is 0 Å². The van der Waals surface area contributed by atoms with E-state index in [2.05, 4.69) is 24.8 Å². The van der Waals surface area contributed by atoms with Gasteiger partial charge in [-0.3, -0.25) is 0 Å². The Labute approximate surface area is 105 Å². The number of para-hydroxylation sites is 1. The Bertz CT molecular complexity index is 466. The van der Waals surface area contributed by atoms with Gasteiger partial charge in [0.25, 0.3) is 0 Å². The third kappa shape index (κ3) is 2.97. The summed E-state index contributed by atoms with van der Waals surface area (Å²) in [7, 11) is 0. The fourth-order valence-corrected chi connectivity index (χ4v) is 2.44. The summed E-state index contributed by atoms with van der Waals surface area (Å²) < 4.78 is 0. The van der Waals surface area contributed by atoms with Crippen molar-refractivity contribution in [3.8, 4) is 0 Å². The van der Waals surface area contributed by atoms with Crippen LogP contribution in [0.5, 0.6) is 0 Å². The van der Waals surface area contributed by atoms with Gasteiger partial charge in [0.15, 0.2) is 0 Å².